The number of unbranched alkanes of at least 4 members (excludes halogenated alkanes) is 36. The predicted octanol–water partition coefficient (Wildman–Crippen LogP) is 21.7. The van der Waals surface area contributed by atoms with Crippen LogP contribution >= 0.6 is 15.6 Å². The fourth-order valence-corrected chi connectivity index (χ4v) is 12.6. The Labute approximate surface area is 580 Å². The summed E-state index contributed by atoms with van der Waals surface area (Å²) in [6.45, 7) is 11.7. The van der Waals surface area contributed by atoms with Crippen molar-refractivity contribution in [2.45, 2.75) is 381 Å². The second kappa shape index (κ2) is 66.1. The Morgan fingerprint density at radius 1 is 0.347 bits per heavy atom. The van der Waals surface area contributed by atoms with Gasteiger partial charge in [-0.15, -0.1) is 0 Å². The molecule has 0 radical (unpaired) electrons. The molecule has 0 spiro atoms. The molecular formula is C76H144O17P2. The molecule has 3 N–H and O–H groups in total. The van der Waals surface area contributed by atoms with E-state index in [-0.39, 0.29) is 25.7 Å². The molecule has 0 saturated heterocycles. The molecule has 17 nitrogen and oxygen atoms in total. The quantitative estimate of drug-likeness (QED) is 0.0169. The van der Waals surface area contributed by atoms with Crippen LogP contribution < -0.4 is 0 Å². The van der Waals surface area contributed by atoms with Crippen LogP contribution in [0.3, 0.4) is 0 Å². The zero-order chi connectivity index (χ0) is 70.1. The summed E-state index contributed by atoms with van der Waals surface area (Å²) in [6, 6.07) is 0. The Hall–Kier alpha value is -2.46. The van der Waals surface area contributed by atoms with Crippen molar-refractivity contribution in [1.82, 2.24) is 0 Å². The molecule has 0 aliphatic carbocycles. The number of aliphatic hydroxyl groups excluding tert-OH is 1. The van der Waals surface area contributed by atoms with E-state index in [2.05, 4.69) is 72.8 Å². The molecule has 0 rings (SSSR count). The van der Waals surface area contributed by atoms with Crippen LogP contribution in [0.4, 0.5) is 0 Å². The summed E-state index contributed by atoms with van der Waals surface area (Å²) in [5, 5.41) is 10.6. The first kappa shape index (κ1) is 92.5. The van der Waals surface area contributed by atoms with Gasteiger partial charge in [0.1, 0.15) is 19.3 Å². The summed E-state index contributed by atoms with van der Waals surface area (Å²) >= 11 is 0. The zero-order valence-corrected chi connectivity index (χ0v) is 63.4. The number of rotatable bonds is 72. The van der Waals surface area contributed by atoms with Gasteiger partial charge in [-0.3, -0.25) is 37.3 Å². The van der Waals surface area contributed by atoms with Crippen molar-refractivity contribution < 1.29 is 80.2 Å². The molecule has 0 aromatic rings. The Balaban J connectivity index is 5.17. The van der Waals surface area contributed by atoms with E-state index in [1.54, 1.807) is 0 Å². The molecule has 0 aromatic carbocycles. The van der Waals surface area contributed by atoms with E-state index in [1.165, 1.54) is 154 Å². The van der Waals surface area contributed by atoms with Crippen molar-refractivity contribution in [3.05, 3.63) is 24.3 Å². The lowest BCUT2D eigenvalue weighted by atomic mass is 10.00. The first-order valence-electron chi connectivity index (χ1n) is 38.7. The van der Waals surface area contributed by atoms with Gasteiger partial charge in [-0.2, -0.15) is 0 Å². The maximum Gasteiger partial charge on any atom is 0.472 e. The number of carbonyl (C=O) groups is 4. The number of allylic oxidation sites excluding steroid dienone is 4. The molecule has 0 bridgehead atoms. The van der Waals surface area contributed by atoms with Gasteiger partial charge in [0.15, 0.2) is 12.2 Å². The number of phosphoric acid groups is 2. The van der Waals surface area contributed by atoms with Crippen molar-refractivity contribution in [3.8, 4) is 0 Å². The normalized spacial score (nSPS) is 14.5. The lowest BCUT2D eigenvalue weighted by Crippen LogP contribution is -2.30. The number of carbonyl (C=O) groups excluding carboxylic acids is 4. The van der Waals surface area contributed by atoms with Gasteiger partial charge >= 0.3 is 39.5 Å². The van der Waals surface area contributed by atoms with Crippen molar-refractivity contribution in [1.29, 1.82) is 0 Å². The Kier molecular flexibility index (Phi) is 64.4. The molecular weight excluding hydrogens is 1250 g/mol. The van der Waals surface area contributed by atoms with E-state index >= 15 is 0 Å². The maximum absolute atomic E-state index is 13.0. The number of phosphoric ester groups is 2. The second-order valence-corrected chi connectivity index (χ2v) is 30.8. The lowest BCUT2D eigenvalue weighted by molar-refractivity contribution is -0.161. The van der Waals surface area contributed by atoms with Crippen LogP contribution in [0.5, 0.6) is 0 Å². The van der Waals surface area contributed by atoms with E-state index in [0.717, 1.165) is 121 Å². The molecule has 560 valence electrons. The van der Waals surface area contributed by atoms with Crippen molar-refractivity contribution in [3.63, 3.8) is 0 Å². The summed E-state index contributed by atoms with van der Waals surface area (Å²) in [5.74, 6) is 0.0607. The van der Waals surface area contributed by atoms with Gasteiger partial charge in [0.2, 0.25) is 0 Å². The number of hydrogen-bond donors (Lipinski definition) is 3. The van der Waals surface area contributed by atoms with E-state index in [0.29, 0.717) is 31.6 Å². The standard InChI is InChI=1S/C76H144O17P2/c1-8-10-11-12-13-14-15-16-21-26-29-32-35-45-52-59-75(80)92-71(64-87-74(79)58-51-44-38-36-41-48-55-68(5)6)65-90-94(82,83)88-61-70(77)62-89-95(84,85)91-66-72(93-76(81)60-53-46-39-37-42-49-56-69(7)9-2)63-86-73(78)57-50-43-34-31-28-25-23-20-18-17-19-22-24-27-30-33-40-47-54-67(3)4/h14-16,21,67-72,77H,8-13,17-20,22-66H2,1-7H3,(H,82,83)(H,84,85)/b15-14-,21-16-/t69?,70-,71+,72+/m0/s1. The molecule has 95 heavy (non-hydrogen) atoms. The molecule has 0 heterocycles. The molecule has 0 amide bonds. The number of esters is 4. The summed E-state index contributed by atoms with van der Waals surface area (Å²) in [5.41, 5.74) is 0. The topological polar surface area (TPSA) is 237 Å². The van der Waals surface area contributed by atoms with Crippen LogP contribution in [-0.4, -0.2) is 96.7 Å². The highest BCUT2D eigenvalue weighted by Crippen LogP contribution is 2.45. The molecule has 3 unspecified atom stereocenters. The molecule has 0 aliphatic rings. The number of aliphatic hydroxyl groups is 1. The van der Waals surface area contributed by atoms with Crippen molar-refractivity contribution >= 4 is 39.5 Å². The van der Waals surface area contributed by atoms with Crippen LogP contribution in [0.25, 0.3) is 0 Å². The van der Waals surface area contributed by atoms with Crippen LogP contribution in [0.15, 0.2) is 24.3 Å². The highest BCUT2D eigenvalue weighted by Gasteiger charge is 2.30. The second-order valence-electron chi connectivity index (χ2n) is 27.9. The third kappa shape index (κ3) is 68.5. The highest BCUT2D eigenvalue weighted by atomic mass is 31.2. The smallest absolute Gasteiger partial charge is 0.462 e. The monoisotopic (exact) mass is 1390 g/mol. The Morgan fingerprint density at radius 3 is 0.937 bits per heavy atom. The molecule has 19 heteroatoms. The first-order valence-corrected chi connectivity index (χ1v) is 41.7. The van der Waals surface area contributed by atoms with E-state index in [4.69, 9.17) is 37.0 Å². The van der Waals surface area contributed by atoms with Crippen LogP contribution in [-0.2, 0) is 65.4 Å². The number of ether oxygens (including phenoxy) is 4. The minimum atomic E-state index is -4.96. The minimum Gasteiger partial charge on any atom is -0.462 e. The largest absolute Gasteiger partial charge is 0.472 e. The van der Waals surface area contributed by atoms with Gasteiger partial charge in [0.25, 0.3) is 0 Å². The first-order chi connectivity index (χ1) is 45.8. The lowest BCUT2D eigenvalue weighted by Gasteiger charge is -2.21. The van der Waals surface area contributed by atoms with Gasteiger partial charge in [-0.05, 0) is 69.1 Å². The summed E-state index contributed by atoms with van der Waals surface area (Å²) in [4.78, 5) is 72.7. The molecule has 0 fully saturated rings. The average molecular weight is 1390 g/mol. The van der Waals surface area contributed by atoms with E-state index < -0.39 is 97.5 Å². The van der Waals surface area contributed by atoms with Gasteiger partial charge < -0.3 is 33.8 Å². The number of hydrogen-bond acceptors (Lipinski definition) is 15. The van der Waals surface area contributed by atoms with Crippen molar-refractivity contribution in [2.24, 2.45) is 17.8 Å². The summed E-state index contributed by atoms with van der Waals surface area (Å²) in [7, 11) is -9.92. The Morgan fingerprint density at radius 2 is 0.621 bits per heavy atom. The fraction of sp³-hybridized carbons (Fsp3) is 0.895. The van der Waals surface area contributed by atoms with Gasteiger partial charge in [0, 0.05) is 25.7 Å². The minimum absolute atomic E-state index is 0.0836. The molecule has 6 atom stereocenters. The summed E-state index contributed by atoms with van der Waals surface area (Å²) < 4.78 is 68.4. The average Bonchev–Trinajstić information content (AvgIpc) is 2.27. The Bertz CT molecular complexity index is 1950. The zero-order valence-electron chi connectivity index (χ0n) is 61.6. The van der Waals surface area contributed by atoms with Gasteiger partial charge in [-0.1, -0.05) is 310 Å². The molecule has 0 aliphatic heterocycles. The fourth-order valence-electron chi connectivity index (χ4n) is 11.0. The van der Waals surface area contributed by atoms with E-state index in [1.807, 2.05) is 0 Å². The van der Waals surface area contributed by atoms with Gasteiger partial charge in [0.05, 0.1) is 26.4 Å². The van der Waals surface area contributed by atoms with Crippen LogP contribution in [0.1, 0.15) is 363 Å². The van der Waals surface area contributed by atoms with Crippen LogP contribution in [0, 0.1) is 17.8 Å². The van der Waals surface area contributed by atoms with Crippen LogP contribution in [0.2, 0.25) is 0 Å². The third-order valence-corrected chi connectivity index (χ3v) is 19.3. The van der Waals surface area contributed by atoms with E-state index in [9.17, 15) is 43.2 Å². The predicted molar refractivity (Wildman–Crippen MR) is 386 cm³/mol. The SMILES string of the molecule is CCCCCC/C=C\C=C/CCCCCCCC(=O)O[C@H](COC(=O)CCCCCCCCC(C)C)COP(=O)(O)OC[C@H](O)COP(=O)(O)OC[C@@H](COC(=O)CCCCCCCCCCCCCCCCCCCCC(C)C)OC(=O)CCCCCCCCC(C)CC. The van der Waals surface area contributed by atoms with Crippen molar-refractivity contribution in [2.75, 3.05) is 39.6 Å². The summed E-state index contributed by atoms with van der Waals surface area (Å²) in [6.07, 6.45) is 55.3. The highest BCUT2D eigenvalue weighted by molar-refractivity contribution is 7.47. The maximum atomic E-state index is 13.0. The van der Waals surface area contributed by atoms with Gasteiger partial charge in [-0.25, -0.2) is 9.13 Å². The molecule has 0 aromatic heterocycles. The third-order valence-electron chi connectivity index (χ3n) is 17.4. The molecule has 0 saturated carbocycles.